The van der Waals surface area contributed by atoms with E-state index in [0.29, 0.717) is 0 Å². The SMILES string of the molecule is c1ccc(N(c2ccc(-c3cccc(-c4cccc5ccccc45)c3)cc2)c2ccc(-c3ccc4c(c3)oc3ccccc34)cc2)cc1. The van der Waals surface area contributed by atoms with E-state index in [9.17, 15) is 0 Å². The molecule has 0 aliphatic carbocycles. The summed E-state index contributed by atoms with van der Waals surface area (Å²) in [5, 5.41) is 4.82. The quantitative estimate of drug-likeness (QED) is 0.185. The maximum Gasteiger partial charge on any atom is 0.136 e. The van der Waals surface area contributed by atoms with Crippen LogP contribution in [0.25, 0.3) is 66.1 Å². The molecule has 0 N–H and O–H groups in total. The minimum Gasteiger partial charge on any atom is -0.456 e. The van der Waals surface area contributed by atoms with Gasteiger partial charge in [-0.1, -0.05) is 127 Å². The summed E-state index contributed by atoms with van der Waals surface area (Å²) in [6, 6.07) is 66.9. The average molecular weight is 614 g/mol. The molecule has 48 heavy (non-hydrogen) atoms. The smallest absolute Gasteiger partial charge is 0.136 e. The lowest BCUT2D eigenvalue weighted by Gasteiger charge is -2.26. The van der Waals surface area contributed by atoms with E-state index in [0.717, 1.165) is 50.1 Å². The van der Waals surface area contributed by atoms with Crippen LogP contribution in [0.15, 0.2) is 192 Å². The monoisotopic (exact) mass is 613 g/mol. The second-order valence-corrected chi connectivity index (χ2v) is 12.2. The number of nitrogens with zero attached hydrogens (tertiary/aromatic N) is 1. The second-order valence-electron chi connectivity index (χ2n) is 12.2. The van der Waals surface area contributed by atoms with Crippen LogP contribution in [0.4, 0.5) is 17.1 Å². The normalized spacial score (nSPS) is 11.3. The third-order valence-corrected chi connectivity index (χ3v) is 9.27. The minimum atomic E-state index is 0.909. The highest BCUT2D eigenvalue weighted by Gasteiger charge is 2.14. The largest absolute Gasteiger partial charge is 0.456 e. The van der Waals surface area contributed by atoms with Gasteiger partial charge in [-0.15, -0.1) is 0 Å². The molecule has 8 aromatic carbocycles. The highest BCUT2D eigenvalue weighted by atomic mass is 16.3. The zero-order valence-electron chi connectivity index (χ0n) is 26.3. The molecule has 0 saturated heterocycles. The molecule has 0 aliphatic rings. The summed E-state index contributed by atoms with van der Waals surface area (Å²) in [6.45, 7) is 0. The molecule has 2 heteroatoms. The van der Waals surface area contributed by atoms with E-state index < -0.39 is 0 Å². The molecule has 226 valence electrons. The lowest BCUT2D eigenvalue weighted by Crippen LogP contribution is -2.09. The van der Waals surface area contributed by atoms with Gasteiger partial charge in [-0.2, -0.15) is 0 Å². The first-order valence-corrected chi connectivity index (χ1v) is 16.3. The van der Waals surface area contributed by atoms with Crippen molar-refractivity contribution in [3.63, 3.8) is 0 Å². The van der Waals surface area contributed by atoms with E-state index in [-0.39, 0.29) is 0 Å². The van der Waals surface area contributed by atoms with E-state index in [2.05, 4.69) is 181 Å². The summed E-state index contributed by atoms with van der Waals surface area (Å²) < 4.78 is 6.17. The molecule has 0 atom stereocenters. The van der Waals surface area contributed by atoms with E-state index in [1.807, 2.05) is 12.1 Å². The second kappa shape index (κ2) is 11.8. The fraction of sp³-hybridized carbons (Fsp3) is 0. The van der Waals surface area contributed by atoms with Crippen molar-refractivity contribution in [3.05, 3.63) is 188 Å². The van der Waals surface area contributed by atoms with Crippen LogP contribution in [0, 0.1) is 0 Å². The van der Waals surface area contributed by atoms with Crippen LogP contribution in [0.5, 0.6) is 0 Å². The Balaban J connectivity index is 1.04. The standard InChI is InChI=1S/C46H31NO/c1-2-14-38(15-3-1)47(40-27-22-33(23-28-40)36-24-29-44-43-17-6-7-19-45(43)48-46(44)31-36)39-25-20-32(21-26-39)35-12-8-13-37(30-35)42-18-9-11-34-10-4-5-16-41(34)42/h1-31H. The van der Waals surface area contributed by atoms with Gasteiger partial charge in [0.2, 0.25) is 0 Å². The summed E-state index contributed by atoms with van der Waals surface area (Å²) in [7, 11) is 0. The van der Waals surface area contributed by atoms with Crippen LogP contribution < -0.4 is 4.90 Å². The molecule has 9 aromatic rings. The van der Waals surface area contributed by atoms with Crippen molar-refractivity contribution in [2.75, 3.05) is 4.90 Å². The molecule has 1 heterocycles. The van der Waals surface area contributed by atoms with E-state index in [1.165, 1.54) is 33.0 Å². The third kappa shape index (κ3) is 5.01. The molecule has 0 fully saturated rings. The zero-order valence-corrected chi connectivity index (χ0v) is 26.3. The van der Waals surface area contributed by atoms with Gasteiger partial charge in [0.05, 0.1) is 0 Å². The van der Waals surface area contributed by atoms with Gasteiger partial charge in [-0.3, -0.25) is 0 Å². The number of fused-ring (bicyclic) bond motifs is 4. The molecule has 0 amide bonds. The molecule has 0 bridgehead atoms. The van der Waals surface area contributed by atoms with Gasteiger partial charge in [0.15, 0.2) is 0 Å². The van der Waals surface area contributed by atoms with Crippen molar-refractivity contribution in [3.8, 4) is 33.4 Å². The van der Waals surface area contributed by atoms with Crippen LogP contribution in [0.2, 0.25) is 0 Å². The Morgan fingerprint density at radius 1 is 0.312 bits per heavy atom. The molecule has 2 nitrogen and oxygen atoms in total. The van der Waals surface area contributed by atoms with Crippen LogP contribution >= 0.6 is 0 Å². The molecule has 1 aromatic heterocycles. The van der Waals surface area contributed by atoms with Crippen molar-refractivity contribution in [2.24, 2.45) is 0 Å². The Hall–Kier alpha value is -6.38. The van der Waals surface area contributed by atoms with E-state index >= 15 is 0 Å². The summed E-state index contributed by atoms with van der Waals surface area (Å²) in [6.07, 6.45) is 0. The molecule has 0 radical (unpaired) electrons. The molecular weight excluding hydrogens is 583 g/mol. The Morgan fingerprint density at radius 3 is 1.62 bits per heavy atom. The fourth-order valence-corrected chi connectivity index (χ4v) is 6.88. The summed E-state index contributed by atoms with van der Waals surface area (Å²) >= 11 is 0. The molecular formula is C46H31NO. The van der Waals surface area contributed by atoms with Crippen molar-refractivity contribution in [1.29, 1.82) is 0 Å². The van der Waals surface area contributed by atoms with E-state index in [4.69, 9.17) is 4.42 Å². The summed E-state index contributed by atoms with van der Waals surface area (Å²) in [4.78, 5) is 2.31. The van der Waals surface area contributed by atoms with Crippen LogP contribution in [-0.2, 0) is 0 Å². The predicted octanol–water partition coefficient (Wildman–Crippen LogP) is 13.2. The molecule has 0 spiro atoms. The van der Waals surface area contributed by atoms with Crippen LogP contribution in [-0.4, -0.2) is 0 Å². The number of rotatable bonds is 6. The van der Waals surface area contributed by atoms with Crippen LogP contribution in [0.3, 0.4) is 0 Å². The number of hydrogen-bond donors (Lipinski definition) is 0. The molecule has 9 rings (SSSR count). The number of para-hydroxylation sites is 2. The van der Waals surface area contributed by atoms with Gasteiger partial charge < -0.3 is 9.32 Å². The van der Waals surface area contributed by atoms with E-state index in [1.54, 1.807) is 0 Å². The highest BCUT2D eigenvalue weighted by Crippen LogP contribution is 2.38. The number of anilines is 3. The number of furan rings is 1. The minimum absolute atomic E-state index is 0.909. The number of benzene rings is 8. The van der Waals surface area contributed by atoms with Gasteiger partial charge in [-0.25, -0.2) is 0 Å². The van der Waals surface area contributed by atoms with Gasteiger partial charge in [0.25, 0.3) is 0 Å². The molecule has 0 unspecified atom stereocenters. The first-order chi connectivity index (χ1) is 23.8. The van der Waals surface area contributed by atoms with Gasteiger partial charge in [0.1, 0.15) is 11.2 Å². The van der Waals surface area contributed by atoms with Gasteiger partial charge >= 0.3 is 0 Å². The lowest BCUT2D eigenvalue weighted by molar-refractivity contribution is 0.669. The Labute approximate surface area is 279 Å². The molecule has 0 saturated carbocycles. The third-order valence-electron chi connectivity index (χ3n) is 9.27. The predicted molar refractivity (Wildman–Crippen MR) is 202 cm³/mol. The topological polar surface area (TPSA) is 16.4 Å². The van der Waals surface area contributed by atoms with Gasteiger partial charge in [0, 0.05) is 27.8 Å². The van der Waals surface area contributed by atoms with Crippen molar-refractivity contribution in [1.82, 2.24) is 0 Å². The fourth-order valence-electron chi connectivity index (χ4n) is 6.88. The van der Waals surface area contributed by atoms with Gasteiger partial charge in [-0.05, 0) is 105 Å². The Bertz CT molecular complexity index is 2540. The number of hydrogen-bond acceptors (Lipinski definition) is 2. The summed E-state index contributed by atoms with van der Waals surface area (Å²) in [5.41, 5.74) is 12.3. The first kappa shape index (κ1) is 27.9. The Kier molecular flexibility index (Phi) is 6.84. The lowest BCUT2D eigenvalue weighted by atomic mass is 9.95. The highest BCUT2D eigenvalue weighted by molar-refractivity contribution is 6.06. The summed E-state index contributed by atoms with van der Waals surface area (Å²) in [5.74, 6) is 0. The van der Waals surface area contributed by atoms with Crippen molar-refractivity contribution >= 4 is 49.8 Å². The van der Waals surface area contributed by atoms with Crippen LogP contribution in [0.1, 0.15) is 0 Å². The van der Waals surface area contributed by atoms with Crippen molar-refractivity contribution < 1.29 is 4.42 Å². The average Bonchev–Trinajstić information content (AvgIpc) is 3.54. The molecule has 0 aliphatic heterocycles. The maximum atomic E-state index is 6.17. The maximum absolute atomic E-state index is 6.17. The van der Waals surface area contributed by atoms with Crippen molar-refractivity contribution in [2.45, 2.75) is 0 Å². The zero-order chi connectivity index (χ0) is 31.9. The first-order valence-electron chi connectivity index (χ1n) is 16.3. The Morgan fingerprint density at radius 2 is 0.854 bits per heavy atom.